The lowest BCUT2D eigenvalue weighted by atomic mass is 10.3. The van der Waals surface area contributed by atoms with E-state index in [1.165, 1.54) is 4.48 Å². The van der Waals surface area contributed by atoms with E-state index in [0.717, 1.165) is 22.1 Å². The van der Waals surface area contributed by atoms with E-state index in [1.807, 2.05) is 0 Å². The van der Waals surface area contributed by atoms with Crippen molar-refractivity contribution in [3.05, 3.63) is 10.6 Å². The summed E-state index contributed by atoms with van der Waals surface area (Å²) in [6.45, 7) is 2.12. The molecular formula is C11H24Br2N2+2. The van der Waals surface area contributed by atoms with Gasteiger partial charge in [0.25, 0.3) is 0 Å². The highest BCUT2D eigenvalue weighted by Crippen LogP contribution is 2.21. The molecule has 1 atom stereocenters. The van der Waals surface area contributed by atoms with E-state index in [0.29, 0.717) is 4.83 Å². The van der Waals surface area contributed by atoms with Gasteiger partial charge in [-0.25, -0.2) is 0 Å². The molecule has 0 aromatic heterocycles. The van der Waals surface area contributed by atoms with Crippen molar-refractivity contribution in [3.63, 3.8) is 0 Å². The van der Waals surface area contributed by atoms with Crippen molar-refractivity contribution in [1.82, 2.24) is 0 Å². The Morgan fingerprint density at radius 3 is 1.87 bits per heavy atom. The van der Waals surface area contributed by atoms with Crippen molar-refractivity contribution in [1.29, 1.82) is 0 Å². The molecular weight excluding hydrogens is 320 g/mol. The predicted molar refractivity (Wildman–Crippen MR) is 75.5 cm³/mol. The second kappa shape index (κ2) is 5.80. The molecule has 0 N–H and O–H groups in total. The largest absolute Gasteiger partial charge is 0.330 e. The number of hydrogen-bond acceptors (Lipinski definition) is 0. The first-order valence-corrected chi connectivity index (χ1v) is 6.83. The van der Waals surface area contributed by atoms with Gasteiger partial charge >= 0.3 is 0 Å². The molecule has 0 aromatic carbocycles. The molecule has 0 saturated carbocycles. The number of nitrogens with zero attached hydrogens (tertiary/aromatic N) is 2. The van der Waals surface area contributed by atoms with Crippen LogP contribution in [0.25, 0.3) is 0 Å². The number of alkyl halides is 1. The van der Waals surface area contributed by atoms with Crippen LogP contribution in [0.4, 0.5) is 0 Å². The fourth-order valence-electron chi connectivity index (χ4n) is 1.06. The Labute approximate surface area is 111 Å². The van der Waals surface area contributed by atoms with Gasteiger partial charge in [-0.1, -0.05) is 31.9 Å². The summed E-state index contributed by atoms with van der Waals surface area (Å²) >= 11 is 7.35. The quantitative estimate of drug-likeness (QED) is 0.531. The van der Waals surface area contributed by atoms with E-state index in [2.05, 4.69) is 80.2 Å². The second-order valence-electron chi connectivity index (χ2n) is 6.00. The molecule has 4 heteroatoms. The van der Waals surface area contributed by atoms with Gasteiger partial charge in [0.05, 0.1) is 60.2 Å². The van der Waals surface area contributed by atoms with Crippen molar-refractivity contribution in [2.24, 2.45) is 0 Å². The Hall–Kier alpha value is 0.620. The number of rotatable bonds is 5. The fraction of sp³-hybridized carbons (Fsp3) is 0.818. The van der Waals surface area contributed by atoms with Gasteiger partial charge in [-0.05, 0) is 6.08 Å². The molecule has 0 rings (SSSR count). The standard InChI is InChI=1S/C11H24Br2N2/c1-14(2,3)8-7-10(12)11(13)9-15(4,5)6/h7,11H,8-9H2,1-6H3/q+2/b10-7+. The van der Waals surface area contributed by atoms with Gasteiger partial charge in [0.1, 0.15) is 0 Å². The van der Waals surface area contributed by atoms with Crippen LogP contribution in [0.1, 0.15) is 0 Å². The molecule has 0 amide bonds. The summed E-state index contributed by atoms with van der Waals surface area (Å²) in [5, 5.41) is 0. The summed E-state index contributed by atoms with van der Waals surface area (Å²) in [5.74, 6) is 0. The lowest BCUT2D eigenvalue weighted by Gasteiger charge is -2.27. The second-order valence-corrected chi connectivity index (χ2v) is 8.02. The minimum absolute atomic E-state index is 0.407. The molecule has 0 heterocycles. The lowest BCUT2D eigenvalue weighted by Crippen LogP contribution is -2.40. The number of hydrogen-bond donors (Lipinski definition) is 0. The molecule has 2 nitrogen and oxygen atoms in total. The third kappa shape index (κ3) is 9.54. The fourth-order valence-corrected chi connectivity index (χ4v) is 2.40. The first-order chi connectivity index (χ1) is 6.51. The maximum Gasteiger partial charge on any atom is 0.0978 e. The summed E-state index contributed by atoms with van der Waals surface area (Å²) in [5.41, 5.74) is 0. The lowest BCUT2D eigenvalue weighted by molar-refractivity contribution is -0.869. The van der Waals surface area contributed by atoms with Crippen LogP contribution in [0.3, 0.4) is 0 Å². The van der Waals surface area contributed by atoms with Crippen molar-refractivity contribution < 1.29 is 8.97 Å². The maximum atomic E-state index is 3.71. The average Bonchev–Trinajstić information content (AvgIpc) is 1.95. The highest BCUT2D eigenvalue weighted by atomic mass is 79.9. The Morgan fingerprint density at radius 2 is 1.53 bits per heavy atom. The van der Waals surface area contributed by atoms with Crippen LogP contribution in [0.2, 0.25) is 0 Å². The molecule has 0 saturated heterocycles. The number of halogens is 2. The Bertz CT molecular complexity index is 224. The van der Waals surface area contributed by atoms with Gasteiger partial charge in [-0.15, -0.1) is 0 Å². The summed E-state index contributed by atoms with van der Waals surface area (Å²) in [6.07, 6.45) is 2.26. The number of quaternary nitrogens is 2. The summed E-state index contributed by atoms with van der Waals surface area (Å²) in [7, 11) is 13.2. The summed E-state index contributed by atoms with van der Waals surface area (Å²) in [4.78, 5) is 0.407. The minimum atomic E-state index is 0.407. The van der Waals surface area contributed by atoms with Crippen molar-refractivity contribution in [2.45, 2.75) is 4.83 Å². The monoisotopic (exact) mass is 342 g/mol. The molecule has 0 aliphatic carbocycles. The summed E-state index contributed by atoms with van der Waals surface area (Å²) < 4.78 is 3.17. The average molecular weight is 344 g/mol. The topological polar surface area (TPSA) is 0 Å². The van der Waals surface area contributed by atoms with Crippen LogP contribution in [-0.4, -0.2) is 69.2 Å². The van der Waals surface area contributed by atoms with E-state index in [4.69, 9.17) is 0 Å². The number of likely N-dealkylation sites (N-methyl/N-ethyl adjacent to an activating group) is 1. The minimum Gasteiger partial charge on any atom is -0.330 e. The van der Waals surface area contributed by atoms with Crippen LogP contribution < -0.4 is 0 Å². The SMILES string of the molecule is C[N+](C)(C)C/C=C(/Br)C(Br)C[N+](C)(C)C. The Morgan fingerprint density at radius 1 is 1.07 bits per heavy atom. The van der Waals surface area contributed by atoms with E-state index in [1.54, 1.807) is 0 Å². The third-order valence-electron chi connectivity index (χ3n) is 1.84. The van der Waals surface area contributed by atoms with Crippen LogP contribution in [0.15, 0.2) is 10.6 Å². The molecule has 90 valence electrons. The van der Waals surface area contributed by atoms with Crippen molar-refractivity contribution >= 4 is 31.9 Å². The smallest absolute Gasteiger partial charge is 0.0978 e. The normalized spacial score (nSPS) is 16.7. The van der Waals surface area contributed by atoms with Crippen LogP contribution in [0.5, 0.6) is 0 Å². The van der Waals surface area contributed by atoms with Crippen molar-refractivity contribution in [3.8, 4) is 0 Å². The van der Waals surface area contributed by atoms with Crippen molar-refractivity contribution in [2.75, 3.05) is 55.4 Å². The molecule has 15 heavy (non-hydrogen) atoms. The van der Waals surface area contributed by atoms with E-state index in [9.17, 15) is 0 Å². The van der Waals surface area contributed by atoms with Gasteiger partial charge in [-0.2, -0.15) is 0 Å². The van der Waals surface area contributed by atoms with Crippen LogP contribution >= 0.6 is 31.9 Å². The van der Waals surface area contributed by atoms with E-state index in [-0.39, 0.29) is 0 Å². The molecule has 0 aliphatic heterocycles. The Kier molecular flexibility index (Phi) is 6.04. The molecule has 0 aromatic rings. The highest BCUT2D eigenvalue weighted by Gasteiger charge is 2.18. The predicted octanol–water partition coefficient (Wildman–Crippen LogP) is 2.44. The van der Waals surface area contributed by atoms with Crippen LogP contribution in [-0.2, 0) is 0 Å². The molecule has 0 radical (unpaired) electrons. The first kappa shape index (κ1) is 15.6. The Balaban J connectivity index is 4.26. The maximum absolute atomic E-state index is 3.71. The molecule has 0 fully saturated rings. The van der Waals surface area contributed by atoms with Gasteiger partial charge in [0.2, 0.25) is 0 Å². The third-order valence-corrected chi connectivity index (χ3v) is 4.11. The van der Waals surface area contributed by atoms with E-state index < -0.39 is 0 Å². The van der Waals surface area contributed by atoms with Crippen LogP contribution in [0, 0.1) is 0 Å². The molecule has 0 aliphatic rings. The summed E-state index contributed by atoms with van der Waals surface area (Å²) in [6, 6.07) is 0. The zero-order valence-electron chi connectivity index (χ0n) is 10.7. The molecule has 0 spiro atoms. The van der Waals surface area contributed by atoms with Gasteiger partial charge in [0, 0.05) is 4.48 Å². The van der Waals surface area contributed by atoms with E-state index >= 15 is 0 Å². The van der Waals surface area contributed by atoms with Gasteiger partial charge in [0.15, 0.2) is 0 Å². The molecule has 0 bridgehead atoms. The zero-order valence-corrected chi connectivity index (χ0v) is 13.9. The zero-order chi connectivity index (χ0) is 12.3. The first-order valence-electron chi connectivity index (χ1n) is 5.12. The van der Waals surface area contributed by atoms with Gasteiger partial charge < -0.3 is 8.97 Å². The van der Waals surface area contributed by atoms with Gasteiger partial charge in [-0.3, -0.25) is 0 Å². The molecule has 1 unspecified atom stereocenters. The highest BCUT2D eigenvalue weighted by molar-refractivity contribution is 9.14.